The van der Waals surface area contributed by atoms with E-state index in [1.807, 2.05) is 18.2 Å². The first-order valence-corrected chi connectivity index (χ1v) is 8.86. The van der Waals surface area contributed by atoms with Gasteiger partial charge in [0, 0.05) is 5.69 Å². The van der Waals surface area contributed by atoms with E-state index in [0.717, 1.165) is 18.6 Å². The largest absolute Gasteiger partial charge is 0.457 e. The molecule has 0 aliphatic carbocycles. The molecule has 0 spiro atoms. The molecule has 1 heterocycles. The Balaban J connectivity index is 1.66. The Labute approximate surface area is 158 Å². The minimum atomic E-state index is -0.603. The van der Waals surface area contributed by atoms with Crippen LogP contribution in [0.1, 0.15) is 35.0 Å². The number of amides is 1. The van der Waals surface area contributed by atoms with Gasteiger partial charge in [-0.3, -0.25) is 4.79 Å². The zero-order valence-corrected chi connectivity index (χ0v) is 15.3. The number of aromatic nitrogens is 1. The maximum atomic E-state index is 13.1. The van der Waals surface area contributed by atoms with Crippen molar-refractivity contribution < 1.29 is 13.9 Å². The van der Waals surface area contributed by atoms with Gasteiger partial charge in [-0.1, -0.05) is 25.5 Å². The third kappa shape index (κ3) is 4.91. The molecule has 5 heteroatoms. The number of carbonyl (C=O) groups is 1. The quantitative estimate of drug-likeness (QED) is 0.585. The maximum Gasteiger partial charge on any atom is 0.257 e. The summed E-state index contributed by atoms with van der Waals surface area (Å²) in [6.45, 7) is 3.74. The highest BCUT2D eigenvalue weighted by Gasteiger charge is 2.11. The Bertz CT molecular complexity index is 939. The molecule has 2 aromatic carbocycles. The molecule has 0 aliphatic heterocycles. The van der Waals surface area contributed by atoms with Crippen LogP contribution in [0.15, 0.2) is 60.7 Å². The molecule has 1 amide bonds. The molecule has 1 N–H and O–H groups in total. The van der Waals surface area contributed by atoms with E-state index in [-0.39, 0.29) is 5.91 Å². The molecule has 0 radical (unpaired) electrons. The minimum Gasteiger partial charge on any atom is -0.457 e. The van der Waals surface area contributed by atoms with Gasteiger partial charge in [0.2, 0.25) is 5.95 Å². The van der Waals surface area contributed by atoms with E-state index in [2.05, 4.69) is 23.3 Å². The number of benzene rings is 2. The second-order valence-electron chi connectivity index (χ2n) is 6.24. The van der Waals surface area contributed by atoms with Gasteiger partial charge in [0.15, 0.2) is 0 Å². The lowest BCUT2D eigenvalue weighted by atomic mass is 10.1. The molecule has 0 aliphatic rings. The Morgan fingerprint density at radius 1 is 1.07 bits per heavy atom. The van der Waals surface area contributed by atoms with Crippen LogP contribution in [0.3, 0.4) is 0 Å². The number of rotatable bonds is 6. The smallest absolute Gasteiger partial charge is 0.257 e. The molecular formula is C22H21FN2O2. The first kappa shape index (κ1) is 18.6. The van der Waals surface area contributed by atoms with Gasteiger partial charge < -0.3 is 10.1 Å². The van der Waals surface area contributed by atoms with Crippen LogP contribution in [0.25, 0.3) is 0 Å². The molecule has 27 heavy (non-hydrogen) atoms. The van der Waals surface area contributed by atoms with Crippen molar-refractivity contribution in [3.63, 3.8) is 0 Å². The molecule has 0 saturated heterocycles. The van der Waals surface area contributed by atoms with Crippen molar-refractivity contribution in [3.05, 3.63) is 83.4 Å². The highest BCUT2D eigenvalue weighted by Crippen LogP contribution is 2.24. The molecule has 0 bridgehead atoms. The lowest BCUT2D eigenvalue weighted by Crippen LogP contribution is -2.14. The average molecular weight is 364 g/mol. The molecule has 1 aromatic heterocycles. The number of ether oxygens (including phenoxy) is 1. The van der Waals surface area contributed by atoms with E-state index in [1.54, 1.807) is 31.2 Å². The molecule has 0 fully saturated rings. The monoisotopic (exact) mass is 364 g/mol. The van der Waals surface area contributed by atoms with E-state index in [9.17, 15) is 9.18 Å². The van der Waals surface area contributed by atoms with Crippen LogP contribution >= 0.6 is 0 Å². The average Bonchev–Trinajstić information content (AvgIpc) is 2.64. The molecule has 3 rings (SSSR count). The SMILES string of the molecule is CCCc1cccc(Oc2ccc(NC(=O)c3ccc(F)nc3C)cc2)c1. The predicted molar refractivity (Wildman–Crippen MR) is 104 cm³/mol. The Hall–Kier alpha value is -3.21. The van der Waals surface area contributed by atoms with Gasteiger partial charge in [0.1, 0.15) is 11.5 Å². The summed E-state index contributed by atoms with van der Waals surface area (Å²) in [6.07, 6.45) is 2.10. The number of nitrogens with one attached hydrogen (secondary N) is 1. The first-order chi connectivity index (χ1) is 13.0. The highest BCUT2D eigenvalue weighted by atomic mass is 19.1. The number of halogens is 1. The summed E-state index contributed by atoms with van der Waals surface area (Å²) in [5, 5.41) is 2.78. The molecular weight excluding hydrogens is 343 g/mol. The van der Waals surface area contributed by atoms with Gasteiger partial charge in [-0.05, 0) is 67.4 Å². The van der Waals surface area contributed by atoms with Crippen LogP contribution < -0.4 is 10.1 Å². The Kier molecular flexibility index (Phi) is 5.81. The zero-order valence-electron chi connectivity index (χ0n) is 15.3. The van der Waals surface area contributed by atoms with Crippen molar-refractivity contribution in [3.8, 4) is 11.5 Å². The second kappa shape index (κ2) is 8.45. The number of hydrogen-bond acceptors (Lipinski definition) is 3. The zero-order chi connectivity index (χ0) is 19.2. The number of carbonyl (C=O) groups excluding carboxylic acids is 1. The summed E-state index contributed by atoms with van der Waals surface area (Å²) in [4.78, 5) is 16.0. The molecule has 138 valence electrons. The fraction of sp³-hybridized carbons (Fsp3) is 0.182. The molecule has 0 atom stereocenters. The minimum absolute atomic E-state index is 0.332. The van der Waals surface area contributed by atoms with E-state index in [1.165, 1.54) is 17.7 Å². The summed E-state index contributed by atoms with van der Waals surface area (Å²) in [5.41, 5.74) is 2.54. The van der Waals surface area contributed by atoms with Gasteiger partial charge in [0.25, 0.3) is 5.91 Å². The summed E-state index contributed by atoms with van der Waals surface area (Å²) in [6, 6.07) is 17.7. The molecule has 3 aromatic rings. The fourth-order valence-corrected chi connectivity index (χ4v) is 2.76. The standard InChI is InChI=1S/C22H21FN2O2/c1-3-5-16-6-4-7-19(14-16)27-18-10-8-17(9-11-18)25-22(26)20-12-13-21(23)24-15(20)2/h4,6-14H,3,5H2,1-2H3,(H,25,26). The van der Waals surface area contributed by atoms with Crippen LogP contribution in [-0.2, 0) is 6.42 Å². The summed E-state index contributed by atoms with van der Waals surface area (Å²) < 4.78 is 19.0. The van der Waals surface area contributed by atoms with Gasteiger partial charge in [-0.25, -0.2) is 4.98 Å². The molecule has 4 nitrogen and oxygen atoms in total. The van der Waals surface area contributed by atoms with Crippen molar-refractivity contribution in [2.75, 3.05) is 5.32 Å². The maximum absolute atomic E-state index is 13.1. The Morgan fingerprint density at radius 2 is 1.85 bits per heavy atom. The fourth-order valence-electron chi connectivity index (χ4n) is 2.76. The van der Waals surface area contributed by atoms with Gasteiger partial charge in [-0.15, -0.1) is 0 Å². The van der Waals surface area contributed by atoms with Gasteiger partial charge in [0.05, 0.1) is 11.3 Å². The number of aryl methyl sites for hydroxylation is 2. The summed E-state index contributed by atoms with van der Waals surface area (Å²) in [5.74, 6) is 0.529. The van der Waals surface area contributed by atoms with Crippen LogP contribution in [-0.4, -0.2) is 10.9 Å². The first-order valence-electron chi connectivity index (χ1n) is 8.86. The van der Waals surface area contributed by atoms with Crippen LogP contribution in [0.2, 0.25) is 0 Å². The number of nitrogens with zero attached hydrogens (tertiary/aromatic N) is 1. The van der Waals surface area contributed by atoms with Crippen molar-refractivity contribution in [2.45, 2.75) is 26.7 Å². The van der Waals surface area contributed by atoms with E-state index < -0.39 is 5.95 Å². The third-order valence-corrected chi connectivity index (χ3v) is 4.08. The van der Waals surface area contributed by atoms with E-state index in [4.69, 9.17) is 4.74 Å². The van der Waals surface area contributed by atoms with Crippen molar-refractivity contribution in [2.24, 2.45) is 0 Å². The van der Waals surface area contributed by atoms with Gasteiger partial charge in [-0.2, -0.15) is 4.39 Å². The molecule has 0 saturated carbocycles. The van der Waals surface area contributed by atoms with Crippen LogP contribution in [0, 0.1) is 12.9 Å². The Morgan fingerprint density at radius 3 is 2.56 bits per heavy atom. The highest BCUT2D eigenvalue weighted by molar-refractivity contribution is 6.04. The summed E-state index contributed by atoms with van der Waals surface area (Å²) in [7, 11) is 0. The van der Waals surface area contributed by atoms with Crippen molar-refractivity contribution in [1.29, 1.82) is 0 Å². The predicted octanol–water partition coefficient (Wildman–Crippen LogP) is 5.53. The van der Waals surface area contributed by atoms with Crippen LogP contribution in [0.4, 0.5) is 10.1 Å². The summed E-state index contributed by atoms with van der Waals surface area (Å²) >= 11 is 0. The van der Waals surface area contributed by atoms with E-state index in [0.29, 0.717) is 22.7 Å². The van der Waals surface area contributed by atoms with Crippen molar-refractivity contribution >= 4 is 11.6 Å². The third-order valence-electron chi connectivity index (χ3n) is 4.08. The number of hydrogen-bond donors (Lipinski definition) is 1. The van der Waals surface area contributed by atoms with Crippen LogP contribution in [0.5, 0.6) is 11.5 Å². The number of anilines is 1. The van der Waals surface area contributed by atoms with E-state index >= 15 is 0 Å². The normalized spacial score (nSPS) is 10.5. The van der Waals surface area contributed by atoms with Crippen molar-refractivity contribution in [1.82, 2.24) is 4.98 Å². The second-order valence-corrected chi connectivity index (χ2v) is 6.24. The lowest BCUT2D eigenvalue weighted by molar-refractivity contribution is 0.102. The van der Waals surface area contributed by atoms with Gasteiger partial charge >= 0.3 is 0 Å². The lowest BCUT2D eigenvalue weighted by Gasteiger charge is -2.10. The molecule has 0 unspecified atom stereocenters. The topological polar surface area (TPSA) is 51.2 Å². The number of pyridine rings is 1.